The summed E-state index contributed by atoms with van der Waals surface area (Å²) in [5, 5.41) is 14.4. The number of Topliss-reactive ketones (excluding diaryl/α,β-unsaturated/α-hetero) is 1. The van der Waals surface area contributed by atoms with Crippen molar-refractivity contribution in [3.63, 3.8) is 0 Å². The van der Waals surface area contributed by atoms with Gasteiger partial charge in [0.15, 0.2) is 10.9 Å². The molecular weight excluding hydrogens is 422 g/mol. The van der Waals surface area contributed by atoms with Gasteiger partial charge in [0.05, 0.1) is 22.8 Å². The molecule has 0 saturated heterocycles. The van der Waals surface area contributed by atoms with Gasteiger partial charge in [-0.25, -0.2) is 4.98 Å². The van der Waals surface area contributed by atoms with E-state index in [1.54, 1.807) is 6.07 Å². The number of benzene rings is 2. The second-order valence-corrected chi connectivity index (χ2v) is 6.17. The zero-order valence-electron chi connectivity index (χ0n) is 13.8. The summed E-state index contributed by atoms with van der Waals surface area (Å²) in [5.41, 5.74) is 0.935. The molecule has 1 heterocycles. The molecule has 26 heavy (non-hydrogen) atoms. The molecular formula is C17H15BrN3O4S-. The fourth-order valence-electron chi connectivity index (χ4n) is 2.32. The molecule has 0 aliphatic carbocycles. The Morgan fingerprint density at radius 3 is 2.81 bits per heavy atom. The monoisotopic (exact) mass is 436 g/mol. The van der Waals surface area contributed by atoms with Gasteiger partial charge >= 0.3 is 0 Å². The van der Waals surface area contributed by atoms with Crippen molar-refractivity contribution in [1.29, 1.82) is 0 Å². The molecule has 0 amide bonds. The highest BCUT2D eigenvalue weighted by Crippen LogP contribution is 2.32. The second-order valence-electron chi connectivity index (χ2n) is 5.14. The largest absolute Gasteiger partial charge is 1.00 e. The van der Waals surface area contributed by atoms with E-state index >= 15 is 0 Å². The molecule has 0 aliphatic heterocycles. The molecule has 9 heteroatoms. The lowest BCUT2D eigenvalue weighted by atomic mass is 10.1. The molecule has 0 spiro atoms. The summed E-state index contributed by atoms with van der Waals surface area (Å²) in [7, 11) is 0. The van der Waals surface area contributed by atoms with Crippen molar-refractivity contribution in [2.24, 2.45) is 0 Å². The lowest BCUT2D eigenvalue weighted by Gasteiger charge is -2.03. The van der Waals surface area contributed by atoms with Gasteiger partial charge < -0.3 is 27.0 Å². The minimum Gasteiger partial charge on any atom is -1.00 e. The number of hydrogen-bond donors (Lipinski definition) is 1. The van der Waals surface area contributed by atoms with E-state index in [1.807, 2.05) is 25.1 Å². The summed E-state index contributed by atoms with van der Waals surface area (Å²) in [4.78, 5) is 27.0. The van der Waals surface area contributed by atoms with Crippen molar-refractivity contribution >= 4 is 38.2 Å². The van der Waals surface area contributed by atoms with Gasteiger partial charge in [0.25, 0.3) is 5.69 Å². The van der Waals surface area contributed by atoms with Gasteiger partial charge in [-0.05, 0) is 19.1 Å². The second kappa shape index (κ2) is 8.72. The SMILES string of the molecule is CCOc1cccc2sc(NCC(=O)c3cccc([N+](=O)[O-])c3)nc12.[Br-]. The molecule has 1 N–H and O–H groups in total. The molecule has 0 fully saturated rings. The molecule has 0 atom stereocenters. The molecule has 7 nitrogen and oxygen atoms in total. The average molecular weight is 437 g/mol. The standard InChI is InChI=1S/C17H15N3O4S.BrH/c1-2-24-14-7-4-8-15-16(14)19-17(25-15)18-10-13(21)11-5-3-6-12(9-11)20(22)23;/h3-9H,2,10H2,1H3,(H,18,19);1H/p-1. The van der Waals surface area contributed by atoms with Crippen molar-refractivity contribution in [3.8, 4) is 5.75 Å². The number of nitrogens with one attached hydrogen (secondary N) is 1. The van der Waals surface area contributed by atoms with Crippen molar-refractivity contribution in [3.05, 3.63) is 58.1 Å². The van der Waals surface area contributed by atoms with Crippen LogP contribution in [0.3, 0.4) is 0 Å². The Morgan fingerprint density at radius 1 is 1.31 bits per heavy atom. The summed E-state index contributed by atoms with van der Waals surface area (Å²) in [6.45, 7) is 2.46. The zero-order valence-corrected chi connectivity index (χ0v) is 16.2. The van der Waals surface area contributed by atoms with Crippen molar-refractivity contribution in [2.45, 2.75) is 6.92 Å². The van der Waals surface area contributed by atoms with E-state index in [2.05, 4.69) is 10.3 Å². The van der Waals surface area contributed by atoms with Crippen LogP contribution in [0.5, 0.6) is 5.75 Å². The first-order valence-electron chi connectivity index (χ1n) is 7.62. The Labute approximate surface area is 163 Å². The summed E-state index contributed by atoms with van der Waals surface area (Å²) in [5.74, 6) is 0.460. The normalized spacial score (nSPS) is 10.2. The van der Waals surface area contributed by atoms with Crippen LogP contribution in [0.2, 0.25) is 0 Å². The van der Waals surface area contributed by atoms with Crippen LogP contribution in [-0.4, -0.2) is 28.8 Å². The third kappa shape index (κ3) is 4.36. The van der Waals surface area contributed by atoms with Crippen molar-refractivity contribution < 1.29 is 31.4 Å². The minimum atomic E-state index is -0.521. The summed E-state index contributed by atoms with van der Waals surface area (Å²) in [6.07, 6.45) is 0. The number of thiazole rings is 1. The van der Waals surface area contributed by atoms with Gasteiger partial charge in [0, 0.05) is 17.7 Å². The number of carbonyl (C=O) groups is 1. The highest BCUT2D eigenvalue weighted by atomic mass is 79.9. The number of hydrogen-bond acceptors (Lipinski definition) is 7. The number of rotatable bonds is 7. The maximum Gasteiger partial charge on any atom is 0.270 e. The maximum absolute atomic E-state index is 12.2. The zero-order chi connectivity index (χ0) is 17.8. The molecule has 0 unspecified atom stereocenters. The molecule has 0 radical (unpaired) electrons. The highest BCUT2D eigenvalue weighted by molar-refractivity contribution is 7.22. The molecule has 2 aromatic carbocycles. The number of nitrogens with zero attached hydrogens (tertiary/aromatic N) is 2. The van der Waals surface area contributed by atoms with E-state index in [9.17, 15) is 14.9 Å². The fraction of sp³-hybridized carbons (Fsp3) is 0.176. The van der Waals surface area contributed by atoms with E-state index in [4.69, 9.17) is 4.74 Å². The van der Waals surface area contributed by atoms with Crippen molar-refractivity contribution in [2.75, 3.05) is 18.5 Å². The molecule has 0 bridgehead atoms. The maximum atomic E-state index is 12.2. The van der Waals surface area contributed by atoms with E-state index in [-0.39, 0.29) is 40.6 Å². The van der Waals surface area contributed by atoms with Crippen LogP contribution < -0.4 is 27.0 Å². The number of aromatic nitrogens is 1. The van der Waals surface area contributed by atoms with E-state index in [0.29, 0.717) is 17.5 Å². The number of anilines is 1. The first-order valence-corrected chi connectivity index (χ1v) is 8.44. The Hall–Kier alpha value is -2.52. The summed E-state index contributed by atoms with van der Waals surface area (Å²) >= 11 is 1.42. The number of ketones is 1. The average Bonchev–Trinajstić information content (AvgIpc) is 3.04. The molecule has 136 valence electrons. The number of non-ortho nitro benzene ring substituents is 1. The molecule has 3 aromatic rings. The predicted octanol–water partition coefficient (Wildman–Crippen LogP) is 0.902. The van der Waals surface area contributed by atoms with Gasteiger partial charge in [-0.3, -0.25) is 14.9 Å². The number of carbonyl (C=O) groups excluding carboxylic acids is 1. The molecule has 0 aliphatic rings. The first-order chi connectivity index (χ1) is 12.1. The third-order valence-corrected chi connectivity index (χ3v) is 4.44. The quantitative estimate of drug-likeness (QED) is 0.336. The summed E-state index contributed by atoms with van der Waals surface area (Å²) in [6, 6.07) is 11.4. The number of nitro benzene ring substituents is 1. The lowest BCUT2D eigenvalue weighted by molar-refractivity contribution is -0.384. The van der Waals surface area contributed by atoms with Gasteiger partial charge in [-0.15, -0.1) is 0 Å². The smallest absolute Gasteiger partial charge is 0.270 e. The van der Waals surface area contributed by atoms with Gasteiger partial charge in [-0.2, -0.15) is 0 Å². The van der Waals surface area contributed by atoms with E-state index < -0.39 is 4.92 Å². The minimum absolute atomic E-state index is 0. The van der Waals surface area contributed by atoms with E-state index in [0.717, 1.165) is 10.2 Å². The van der Waals surface area contributed by atoms with Crippen LogP contribution >= 0.6 is 11.3 Å². The lowest BCUT2D eigenvalue weighted by Crippen LogP contribution is -3.00. The summed E-state index contributed by atoms with van der Waals surface area (Å²) < 4.78 is 6.50. The Bertz CT molecular complexity index is 945. The predicted molar refractivity (Wildman–Crippen MR) is 96.7 cm³/mol. The third-order valence-electron chi connectivity index (χ3n) is 3.46. The Balaban J connectivity index is 0.00000243. The van der Waals surface area contributed by atoms with Gasteiger partial charge in [0.2, 0.25) is 0 Å². The number of ether oxygens (including phenoxy) is 1. The van der Waals surface area contributed by atoms with Crippen LogP contribution in [0.1, 0.15) is 17.3 Å². The van der Waals surface area contributed by atoms with Crippen LogP contribution in [0, 0.1) is 10.1 Å². The van der Waals surface area contributed by atoms with Gasteiger partial charge in [0.1, 0.15) is 11.3 Å². The van der Waals surface area contributed by atoms with Crippen LogP contribution in [0.4, 0.5) is 10.8 Å². The fourth-order valence-corrected chi connectivity index (χ4v) is 3.20. The number of nitro groups is 1. The van der Waals surface area contributed by atoms with Crippen LogP contribution in [0.15, 0.2) is 42.5 Å². The van der Waals surface area contributed by atoms with Crippen molar-refractivity contribution in [1.82, 2.24) is 4.98 Å². The number of halogens is 1. The Morgan fingerprint density at radius 2 is 2.08 bits per heavy atom. The van der Waals surface area contributed by atoms with Gasteiger partial charge in [-0.1, -0.05) is 29.5 Å². The number of para-hydroxylation sites is 1. The van der Waals surface area contributed by atoms with Crippen LogP contribution in [-0.2, 0) is 0 Å². The Kier molecular flexibility index (Phi) is 6.64. The molecule has 0 saturated carbocycles. The topological polar surface area (TPSA) is 94.4 Å². The van der Waals surface area contributed by atoms with Crippen LogP contribution in [0.25, 0.3) is 10.2 Å². The molecule has 1 aromatic heterocycles. The molecule has 3 rings (SSSR count). The number of fused-ring (bicyclic) bond motifs is 1. The first kappa shape index (κ1) is 19.8. The van der Waals surface area contributed by atoms with E-state index in [1.165, 1.54) is 29.5 Å². The highest BCUT2D eigenvalue weighted by Gasteiger charge is 2.13.